The second-order valence-corrected chi connectivity index (χ2v) is 5.20. The monoisotopic (exact) mass is 253 g/mol. The summed E-state index contributed by atoms with van der Waals surface area (Å²) >= 11 is 5.89. The lowest BCUT2D eigenvalue weighted by molar-refractivity contribution is 0.139. The Hall–Kier alpha value is -1.06. The number of hydrogen-bond acceptors (Lipinski definition) is 2. The predicted molar refractivity (Wildman–Crippen MR) is 65.8 cm³/mol. The molecule has 0 radical (unpaired) electrons. The second kappa shape index (κ2) is 3.72. The molecule has 2 N–H and O–H groups in total. The highest BCUT2D eigenvalue weighted by Crippen LogP contribution is 2.43. The first-order valence-electron chi connectivity index (χ1n) is 5.71. The molecule has 2 aromatic rings. The molecule has 0 spiro atoms. The van der Waals surface area contributed by atoms with Crippen molar-refractivity contribution < 1.29 is 8.81 Å². The third-order valence-corrected chi connectivity index (χ3v) is 3.65. The predicted octanol–water partition coefficient (Wildman–Crippen LogP) is 3.76. The quantitative estimate of drug-likeness (QED) is 0.840. The van der Waals surface area contributed by atoms with Gasteiger partial charge in [-0.25, -0.2) is 4.39 Å². The van der Waals surface area contributed by atoms with Crippen molar-refractivity contribution in [3.05, 3.63) is 35.0 Å². The van der Waals surface area contributed by atoms with Crippen LogP contribution in [0, 0.1) is 0 Å². The van der Waals surface area contributed by atoms with Crippen molar-refractivity contribution in [2.24, 2.45) is 5.73 Å². The molecule has 0 saturated heterocycles. The topological polar surface area (TPSA) is 39.2 Å². The molecule has 1 aromatic heterocycles. The Bertz CT molecular complexity index is 568. The zero-order valence-electron chi connectivity index (χ0n) is 9.25. The van der Waals surface area contributed by atoms with Crippen LogP contribution in [0.2, 0.25) is 5.02 Å². The highest BCUT2D eigenvalue weighted by molar-refractivity contribution is 6.31. The number of halogens is 2. The van der Waals surface area contributed by atoms with Crippen LogP contribution in [-0.2, 0) is 5.67 Å². The van der Waals surface area contributed by atoms with Gasteiger partial charge in [0.15, 0.2) is 5.67 Å². The summed E-state index contributed by atoms with van der Waals surface area (Å²) in [6.07, 6.45) is 1.47. The molecule has 2 nitrogen and oxygen atoms in total. The second-order valence-electron chi connectivity index (χ2n) is 4.76. The molecule has 2 atom stereocenters. The maximum atomic E-state index is 14.6. The van der Waals surface area contributed by atoms with E-state index in [1.54, 1.807) is 24.3 Å². The summed E-state index contributed by atoms with van der Waals surface area (Å²) in [5, 5.41) is 1.46. The fourth-order valence-electron chi connectivity index (χ4n) is 2.49. The van der Waals surface area contributed by atoms with Crippen molar-refractivity contribution in [2.75, 3.05) is 0 Å². The van der Waals surface area contributed by atoms with E-state index in [4.69, 9.17) is 21.8 Å². The molecule has 1 fully saturated rings. The third-order valence-electron chi connectivity index (χ3n) is 3.42. The molecule has 1 aliphatic rings. The Morgan fingerprint density at radius 2 is 2.24 bits per heavy atom. The Kier molecular flexibility index (Phi) is 2.42. The Morgan fingerprint density at radius 3 is 2.94 bits per heavy atom. The van der Waals surface area contributed by atoms with Crippen molar-refractivity contribution in [1.82, 2.24) is 0 Å². The first-order chi connectivity index (χ1) is 8.07. The zero-order valence-corrected chi connectivity index (χ0v) is 10.0. The van der Waals surface area contributed by atoms with E-state index in [0.29, 0.717) is 35.6 Å². The number of fused-ring (bicyclic) bond motifs is 1. The molecule has 0 aliphatic heterocycles. The van der Waals surface area contributed by atoms with Crippen LogP contribution in [0.3, 0.4) is 0 Å². The van der Waals surface area contributed by atoms with Gasteiger partial charge in [0.2, 0.25) is 0 Å². The number of benzene rings is 1. The van der Waals surface area contributed by atoms with E-state index in [9.17, 15) is 4.39 Å². The zero-order chi connectivity index (χ0) is 12.0. The van der Waals surface area contributed by atoms with Gasteiger partial charge < -0.3 is 10.2 Å². The molecule has 1 saturated carbocycles. The van der Waals surface area contributed by atoms with Crippen molar-refractivity contribution >= 4 is 22.6 Å². The van der Waals surface area contributed by atoms with Gasteiger partial charge in [-0.2, -0.15) is 0 Å². The van der Waals surface area contributed by atoms with Gasteiger partial charge in [-0.15, -0.1) is 0 Å². The standard InChI is InChI=1S/C13H13ClFNO/c14-9-1-2-11-8(5-9)6-12(17-11)13(15)4-3-10(16)7-13/h1-2,5-6,10H,3-4,7,16H2. The number of hydrogen-bond donors (Lipinski definition) is 1. The molecule has 2 unspecified atom stereocenters. The molecule has 1 aliphatic carbocycles. The van der Waals surface area contributed by atoms with Crippen molar-refractivity contribution in [3.63, 3.8) is 0 Å². The number of alkyl halides is 1. The molecular formula is C13H13ClFNO. The van der Waals surface area contributed by atoms with Gasteiger partial charge in [0, 0.05) is 22.9 Å². The Morgan fingerprint density at radius 1 is 1.41 bits per heavy atom. The normalized spacial score (nSPS) is 29.0. The van der Waals surface area contributed by atoms with E-state index < -0.39 is 5.67 Å². The van der Waals surface area contributed by atoms with E-state index in [2.05, 4.69) is 0 Å². The molecule has 4 heteroatoms. The molecule has 90 valence electrons. The van der Waals surface area contributed by atoms with E-state index in [1.807, 2.05) is 0 Å². The molecule has 1 heterocycles. The molecule has 1 aromatic carbocycles. The molecular weight excluding hydrogens is 241 g/mol. The van der Waals surface area contributed by atoms with Crippen LogP contribution < -0.4 is 5.73 Å². The van der Waals surface area contributed by atoms with Crippen LogP contribution in [0.1, 0.15) is 25.0 Å². The minimum atomic E-state index is -1.41. The van der Waals surface area contributed by atoms with Gasteiger partial charge in [0.25, 0.3) is 0 Å². The van der Waals surface area contributed by atoms with Crippen LogP contribution in [0.5, 0.6) is 0 Å². The van der Waals surface area contributed by atoms with Gasteiger partial charge in [0.05, 0.1) is 0 Å². The van der Waals surface area contributed by atoms with Gasteiger partial charge in [0.1, 0.15) is 11.3 Å². The Balaban J connectivity index is 2.06. The SMILES string of the molecule is NC1CCC(F)(c2cc3cc(Cl)ccc3o2)C1. The largest absolute Gasteiger partial charge is 0.458 e. The molecule has 0 bridgehead atoms. The highest BCUT2D eigenvalue weighted by atomic mass is 35.5. The summed E-state index contributed by atoms with van der Waals surface area (Å²) in [6.45, 7) is 0. The van der Waals surface area contributed by atoms with Crippen molar-refractivity contribution in [2.45, 2.75) is 31.0 Å². The summed E-state index contributed by atoms with van der Waals surface area (Å²) in [5.74, 6) is 0.378. The van der Waals surface area contributed by atoms with Crippen LogP contribution in [0.4, 0.5) is 4.39 Å². The van der Waals surface area contributed by atoms with E-state index >= 15 is 0 Å². The van der Waals surface area contributed by atoms with E-state index in [-0.39, 0.29) is 6.04 Å². The minimum absolute atomic E-state index is 0.0724. The lowest BCUT2D eigenvalue weighted by Crippen LogP contribution is -2.20. The van der Waals surface area contributed by atoms with Crippen LogP contribution in [0.15, 0.2) is 28.7 Å². The first kappa shape index (κ1) is 11.1. The average Bonchev–Trinajstić information content (AvgIpc) is 2.83. The molecule has 0 amide bonds. The molecule has 17 heavy (non-hydrogen) atoms. The smallest absolute Gasteiger partial charge is 0.169 e. The highest BCUT2D eigenvalue weighted by Gasteiger charge is 2.42. The van der Waals surface area contributed by atoms with Crippen molar-refractivity contribution in [1.29, 1.82) is 0 Å². The fourth-order valence-corrected chi connectivity index (χ4v) is 2.67. The van der Waals surface area contributed by atoms with Crippen LogP contribution in [-0.4, -0.2) is 6.04 Å². The van der Waals surface area contributed by atoms with Gasteiger partial charge in [-0.1, -0.05) is 11.6 Å². The minimum Gasteiger partial charge on any atom is -0.458 e. The van der Waals surface area contributed by atoms with E-state index in [0.717, 1.165) is 5.39 Å². The summed E-state index contributed by atoms with van der Waals surface area (Å²) in [7, 11) is 0. The third kappa shape index (κ3) is 1.83. The van der Waals surface area contributed by atoms with E-state index in [1.165, 1.54) is 0 Å². The van der Waals surface area contributed by atoms with Gasteiger partial charge in [-0.05, 0) is 37.1 Å². The summed E-state index contributed by atoms with van der Waals surface area (Å²) in [6, 6.07) is 6.94. The average molecular weight is 254 g/mol. The summed E-state index contributed by atoms with van der Waals surface area (Å²) in [4.78, 5) is 0. The number of nitrogens with two attached hydrogens (primary N) is 1. The van der Waals surface area contributed by atoms with Crippen molar-refractivity contribution in [3.8, 4) is 0 Å². The van der Waals surface area contributed by atoms with Gasteiger partial charge in [-0.3, -0.25) is 0 Å². The lowest BCUT2D eigenvalue weighted by atomic mass is 10.0. The first-order valence-corrected chi connectivity index (χ1v) is 6.09. The number of rotatable bonds is 1. The Labute approximate surface area is 104 Å². The lowest BCUT2D eigenvalue weighted by Gasteiger charge is -2.15. The van der Waals surface area contributed by atoms with Crippen LogP contribution in [0.25, 0.3) is 11.0 Å². The number of furan rings is 1. The summed E-state index contributed by atoms with van der Waals surface area (Å²) in [5.41, 5.74) is 5.02. The maximum absolute atomic E-state index is 14.6. The summed E-state index contributed by atoms with van der Waals surface area (Å²) < 4.78 is 20.2. The maximum Gasteiger partial charge on any atom is 0.169 e. The van der Waals surface area contributed by atoms with Crippen LogP contribution >= 0.6 is 11.6 Å². The molecule has 3 rings (SSSR count). The van der Waals surface area contributed by atoms with Gasteiger partial charge >= 0.3 is 0 Å². The fraction of sp³-hybridized carbons (Fsp3) is 0.385.